The summed E-state index contributed by atoms with van der Waals surface area (Å²) in [5.41, 5.74) is 1.92. The van der Waals surface area contributed by atoms with Crippen LogP contribution in [0, 0.1) is 17.2 Å². The lowest BCUT2D eigenvalue weighted by Crippen LogP contribution is -2.51. The van der Waals surface area contributed by atoms with Gasteiger partial charge in [-0.2, -0.15) is 0 Å². The first-order valence-corrected chi connectivity index (χ1v) is 12.1. The molecule has 174 valence electrons. The molecule has 1 saturated heterocycles. The maximum absolute atomic E-state index is 14.1. The van der Waals surface area contributed by atoms with Crippen molar-refractivity contribution < 1.29 is 14.0 Å². The van der Waals surface area contributed by atoms with Crippen molar-refractivity contribution in [3.8, 4) is 11.1 Å². The zero-order valence-corrected chi connectivity index (χ0v) is 19.4. The van der Waals surface area contributed by atoms with Gasteiger partial charge in [-0.05, 0) is 62.1 Å². The van der Waals surface area contributed by atoms with Crippen LogP contribution >= 0.6 is 0 Å². The van der Waals surface area contributed by atoms with Crippen molar-refractivity contribution in [1.29, 1.82) is 0 Å². The van der Waals surface area contributed by atoms with Crippen LogP contribution in [-0.2, 0) is 16.0 Å². The van der Waals surface area contributed by atoms with Gasteiger partial charge in [-0.3, -0.25) is 9.59 Å². The summed E-state index contributed by atoms with van der Waals surface area (Å²) in [5, 5.41) is 3.02. The molecule has 0 bridgehead atoms. The number of hydrogen-bond acceptors (Lipinski definition) is 2. The monoisotopic (exact) mass is 448 g/mol. The van der Waals surface area contributed by atoms with Crippen LogP contribution in [0.5, 0.6) is 0 Å². The summed E-state index contributed by atoms with van der Waals surface area (Å²) in [6.45, 7) is 3.74. The van der Waals surface area contributed by atoms with E-state index in [1.807, 2.05) is 42.2 Å². The van der Waals surface area contributed by atoms with Gasteiger partial charge in [0.1, 0.15) is 5.82 Å². The van der Waals surface area contributed by atoms with Gasteiger partial charge in [-0.1, -0.05) is 54.6 Å². The van der Waals surface area contributed by atoms with E-state index in [9.17, 15) is 14.0 Å². The summed E-state index contributed by atoms with van der Waals surface area (Å²) >= 11 is 0. The van der Waals surface area contributed by atoms with Crippen LogP contribution in [0.4, 0.5) is 4.39 Å². The van der Waals surface area contributed by atoms with Crippen molar-refractivity contribution in [2.45, 2.75) is 45.4 Å². The van der Waals surface area contributed by atoms with E-state index < -0.39 is 5.41 Å². The van der Waals surface area contributed by atoms with Gasteiger partial charge in [0.05, 0.1) is 5.41 Å². The van der Waals surface area contributed by atoms with Crippen molar-refractivity contribution in [2.75, 3.05) is 19.6 Å². The van der Waals surface area contributed by atoms with E-state index >= 15 is 0 Å². The molecule has 1 unspecified atom stereocenters. The Kier molecular flexibility index (Phi) is 7.26. The van der Waals surface area contributed by atoms with Gasteiger partial charge in [-0.25, -0.2) is 4.39 Å². The lowest BCUT2D eigenvalue weighted by atomic mass is 9.72. The quantitative estimate of drug-likeness (QED) is 0.597. The lowest BCUT2D eigenvalue weighted by molar-refractivity contribution is -0.141. The van der Waals surface area contributed by atoms with Gasteiger partial charge in [-0.15, -0.1) is 0 Å². The van der Waals surface area contributed by atoms with E-state index in [1.54, 1.807) is 12.1 Å². The molecule has 1 fully saturated rings. The number of piperidine rings is 1. The van der Waals surface area contributed by atoms with E-state index in [-0.39, 0.29) is 17.6 Å². The third kappa shape index (κ3) is 5.35. The summed E-state index contributed by atoms with van der Waals surface area (Å²) in [5.74, 6) is 0.383. The average Bonchev–Trinajstić information content (AvgIpc) is 3.34. The molecular formula is C28H33FN2O2. The predicted molar refractivity (Wildman–Crippen MR) is 129 cm³/mol. The molecule has 2 amide bonds. The van der Waals surface area contributed by atoms with Gasteiger partial charge in [0.15, 0.2) is 0 Å². The molecule has 1 atom stereocenters. The van der Waals surface area contributed by atoms with Crippen LogP contribution in [0.25, 0.3) is 11.1 Å². The molecule has 1 N–H and O–H groups in total. The topological polar surface area (TPSA) is 49.4 Å². The van der Waals surface area contributed by atoms with Crippen LogP contribution in [0.2, 0.25) is 0 Å². The van der Waals surface area contributed by atoms with Gasteiger partial charge in [0, 0.05) is 31.6 Å². The third-order valence-electron chi connectivity index (χ3n) is 7.12. The van der Waals surface area contributed by atoms with Gasteiger partial charge >= 0.3 is 0 Å². The minimum absolute atomic E-state index is 0.0639. The van der Waals surface area contributed by atoms with E-state index in [2.05, 4.69) is 17.5 Å². The van der Waals surface area contributed by atoms with Crippen molar-refractivity contribution in [3.63, 3.8) is 0 Å². The van der Waals surface area contributed by atoms with Crippen molar-refractivity contribution in [1.82, 2.24) is 10.2 Å². The fraction of sp³-hybridized carbons (Fsp3) is 0.429. The SMILES string of the molecule is CCNC(=O)C1(Cc2ccc(-c3ccccc3F)cc2)CCN(C(=O)CC2C=CCC2)CC1. The lowest BCUT2D eigenvalue weighted by Gasteiger charge is -2.41. The highest BCUT2D eigenvalue weighted by molar-refractivity contribution is 5.84. The highest BCUT2D eigenvalue weighted by Crippen LogP contribution is 2.37. The number of carbonyl (C=O) groups is 2. The Hall–Kier alpha value is -2.95. The van der Waals surface area contributed by atoms with Crippen LogP contribution < -0.4 is 5.32 Å². The number of benzene rings is 2. The summed E-state index contributed by atoms with van der Waals surface area (Å²) < 4.78 is 14.1. The van der Waals surface area contributed by atoms with Crippen LogP contribution in [0.3, 0.4) is 0 Å². The molecule has 0 spiro atoms. The molecule has 0 aromatic heterocycles. The predicted octanol–water partition coefficient (Wildman–Crippen LogP) is 5.14. The Labute approximate surface area is 195 Å². The fourth-order valence-corrected chi connectivity index (χ4v) is 5.12. The molecule has 33 heavy (non-hydrogen) atoms. The zero-order valence-electron chi connectivity index (χ0n) is 19.4. The van der Waals surface area contributed by atoms with Gasteiger partial charge < -0.3 is 10.2 Å². The molecule has 2 aliphatic rings. The zero-order chi connectivity index (χ0) is 23.3. The maximum atomic E-state index is 14.1. The van der Waals surface area contributed by atoms with E-state index in [0.29, 0.717) is 56.8 Å². The fourth-order valence-electron chi connectivity index (χ4n) is 5.12. The van der Waals surface area contributed by atoms with Crippen LogP contribution in [0.1, 0.15) is 44.6 Å². The highest BCUT2D eigenvalue weighted by atomic mass is 19.1. The summed E-state index contributed by atoms with van der Waals surface area (Å²) in [6.07, 6.45) is 8.93. The first kappa shape index (κ1) is 23.2. The molecule has 4 nitrogen and oxygen atoms in total. The number of nitrogens with one attached hydrogen (secondary N) is 1. The number of nitrogens with zero attached hydrogens (tertiary/aromatic N) is 1. The summed E-state index contributed by atoms with van der Waals surface area (Å²) in [4.78, 5) is 27.9. The first-order chi connectivity index (χ1) is 16.0. The molecule has 0 saturated carbocycles. The molecule has 1 heterocycles. The third-order valence-corrected chi connectivity index (χ3v) is 7.12. The van der Waals surface area contributed by atoms with Gasteiger partial charge in [0.2, 0.25) is 11.8 Å². The number of carbonyl (C=O) groups excluding carboxylic acids is 2. The molecular weight excluding hydrogens is 415 g/mol. The molecule has 4 rings (SSSR count). The number of allylic oxidation sites excluding steroid dienone is 2. The van der Waals surface area contributed by atoms with E-state index in [0.717, 1.165) is 24.0 Å². The maximum Gasteiger partial charge on any atom is 0.226 e. The Morgan fingerprint density at radius 2 is 1.82 bits per heavy atom. The second-order valence-electron chi connectivity index (χ2n) is 9.34. The van der Waals surface area contributed by atoms with E-state index in [1.165, 1.54) is 6.07 Å². The number of amides is 2. The minimum Gasteiger partial charge on any atom is -0.356 e. The summed E-state index contributed by atoms with van der Waals surface area (Å²) in [6, 6.07) is 14.6. The molecule has 0 radical (unpaired) electrons. The first-order valence-electron chi connectivity index (χ1n) is 12.1. The Balaban J connectivity index is 1.45. The Morgan fingerprint density at radius 1 is 1.09 bits per heavy atom. The number of hydrogen-bond donors (Lipinski definition) is 1. The van der Waals surface area contributed by atoms with Gasteiger partial charge in [0.25, 0.3) is 0 Å². The average molecular weight is 449 g/mol. The molecule has 1 aliphatic carbocycles. The van der Waals surface area contributed by atoms with Crippen LogP contribution in [0.15, 0.2) is 60.7 Å². The number of rotatable bonds is 7. The summed E-state index contributed by atoms with van der Waals surface area (Å²) in [7, 11) is 0. The minimum atomic E-state index is -0.528. The molecule has 2 aromatic rings. The van der Waals surface area contributed by atoms with Crippen LogP contribution in [-0.4, -0.2) is 36.3 Å². The van der Waals surface area contributed by atoms with E-state index in [4.69, 9.17) is 0 Å². The molecule has 1 aliphatic heterocycles. The normalized spacial score (nSPS) is 19.5. The number of halogens is 1. The standard InChI is InChI=1S/C28H33FN2O2/c1-2-30-27(33)28(15-17-31(18-16-28)26(32)19-21-7-3-4-8-21)20-22-11-13-23(14-12-22)24-9-5-6-10-25(24)29/h3,5-7,9-14,21H,2,4,8,15-20H2,1H3,(H,30,33). The largest absolute Gasteiger partial charge is 0.356 e. The molecule has 5 heteroatoms. The smallest absolute Gasteiger partial charge is 0.226 e. The Morgan fingerprint density at radius 3 is 2.45 bits per heavy atom. The second-order valence-corrected chi connectivity index (χ2v) is 9.34. The second kappa shape index (κ2) is 10.3. The van der Waals surface area contributed by atoms with Crippen molar-refractivity contribution in [2.24, 2.45) is 11.3 Å². The molecule has 2 aromatic carbocycles. The Bertz CT molecular complexity index is 1010. The highest BCUT2D eigenvalue weighted by Gasteiger charge is 2.42. The van der Waals surface area contributed by atoms with Crippen molar-refractivity contribution in [3.05, 3.63) is 72.1 Å². The number of likely N-dealkylation sites (tertiary alicyclic amines) is 1. The van der Waals surface area contributed by atoms with Crippen molar-refractivity contribution >= 4 is 11.8 Å².